The lowest BCUT2D eigenvalue weighted by molar-refractivity contribution is 0.0786. The number of carbonyl (C=O) groups excluding carboxylic acids is 1. The minimum Gasteiger partial charge on any atom is -0.369 e. The standard InChI is InChI=1S/C20H26N6O/c1-24-12-14-25(15-13-24)17-6-4-16(5-7-17)21-19-9-8-18(22-23-19)20(27)26-10-2-3-11-26/h4-9H,2-3,10-15H2,1H3,(H,21,23). The van der Waals surface area contributed by atoms with E-state index in [4.69, 9.17) is 0 Å². The summed E-state index contributed by atoms with van der Waals surface area (Å²) < 4.78 is 0. The maximum Gasteiger partial charge on any atom is 0.274 e. The summed E-state index contributed by atoms with van der Waals surface area (Å²) in [5.74, 6) is 0.614. The Labute approximate surface area is 160 Å². The van der Waals surface area contributed by atoms with Gasteiger partial charge in [-0.15, -0.1) is 10.2 Å². The Bertz CT molecular complexity index is 762. The number of carbonyl (C=O) groups is 1. The monoisotopic (exact) mass is 366 g/mol. The summed E-state index contributed by atoms with van der Waals surface area (Å²) in [6.07, 6.45) is 2.14. The maximum atomic E-state index is 12.3. The average Bonchev–Trinajstić information content (AvgIpc) is 3.24. The van der Waals surface area contributed by atoms with Crippen molar-refractivity contribution in [2.75, 3.05) is 56.5 Å². The summed E-state index contributed by atoms with van der Waals surface area (Å²) >= 11 is 0. The summed E-state index contributed by atoms with van der Waals surface area (Å²) in [7, 11) is 2.16. The molecule has 0 aliphatic carbocycles. The smallest absolute Gasteiger partial charge is 0.274 e. The number of rotatable bonds is 4. The summed E-state index contributed by atoms with van der Waals surface area (Å²) in [5.41, 5.74) is 2.61. The van der Waals surface area contributed by atoms with Crippen LogP contribution in [0, 0.1) is 0 Å². The van der Waals surface area contributed by atoms with E-state index < -0.39 is 0 Å². The van der Waals surface area contributed by atoms with Crippen LogP contribution in [-0.4, -0.2) is 72.2 Å². The number of amides is 1. The summed E-state index contributed by atoms with van der Waals surface area (Å²) in [6.45, 7) is 5.94. The van der Waals surface area contributed by atoms with Gasteiger partial charge in [-0.2, -0.15) is 0 Å². The van der Waals surface area contributed by atoms with Gasteiger partial charge in [-0.05, 0) is 56.3 Å². The molecule has 1 aromatic heterocycles. The maximum absolute atomic E-state index is 12.3. The molecule has 0 radical (unpaired) electrons. The second kappa shape index (κ2) is 7.92. The van der Waals surface area contributed by atoms with E-state index in [2.05, 4.69) is 56.6 Å². The molecule has 1 N–H and O–H groups in total. The van der Waals surface area contributed by atoms with Crippen LogP contribution >= 0.6 is 0 Å². The van der Waals surface area contributed by atoms with Crippen molar-refractivity contribution >= 4 is 23.1 Å². The van der Waals surface area contributed by atoms with Crippen LogP contribution in [0.25, 0.3) is 0 Å². The van der Waals surface area contributed by atoms with E-state index in [9.17, 15) is 4.79 Å². The van der Waals surface area contributed by atoms with Crippen LogP contribution in [0.5, 0.6) is 0 Å². The highest BCUT2D eigenvalue weighted by atomic mass is 16.2. The molecular formula is C20H26N6O. The molecule has 3 heterocycles. The molecule has 1 amide bonds. The van der Waals surface area contributed by atoms with Gasteiger partial charge in [-0.25, -0.2) is 0 Å². The van der Waals surface area contributed by atoms with Crippen LogP contribution in [-0.2, 0) is 0 Å². The molecule has 7 heteroatoms. The molecule has 2 aromatic rings. The van der Waals surface area contributed by atoms with E-state index in [1.807, 2.05) is 11.0 Å². The second-order valence-electron chi connectivity index (χ2n) is 7.27. The van der Waals surface area contributed by atoms with Gasteiger partial charge >= 0.3 is 0 Å². The lowest BCUT2D eigenvalue weighted by atomic mass is 10.2. The van der Waals surface area contributed by atoms with E-state index in [0.29, 0.717) is 11.5 Å². The Morgan fingerprint density at radius 2 is 1.59 bits per heavy atom. The van der Waals surface area contributed by atoms with Gasteiger partial charge in [0.1, 0.15) is 0 Å². The van der Waals surface area contributed by atoms with Crippen molar-refractivity contribution in [3.63, 3.8) is 0 Å². The van der Waals surface area contributed by atoms with Crippen LogP contribution < -0.4 is 10.2 Å². The van der Waals surface area contributed by atoms with Gasteiger partial charge in [0.2, 0.25) is 0 Å². The first kappa shape index (κ1) is 17.7. The fourth-order valence-corrected chi connectivity index (χ4v) is 3.56. The predicted molar refractivity (Wildman–Crippen MR) is 107 cm³/mol. The van der Waals surface area contributed by atoms with Crippen molar-refractivity contribution in [1.29, 1.82) is 0 Å². The number of piperazine rings is 1. The second-order valence-corrected chi connectivity index (χ2v) is 7.27. The number of hydrogen-bond donors (Lipinski definition) is 1. The van der Waals surface area contributed by atoms with Crippen molar-refractivity contribution in [3.8, 4) is 0 Å². The van der Waals surface area contributed by atoms with Crippen molar-refractivity contribution in [1.82, 2.24) is 20.0 Å². The number of hydrogen-bond acceptors (Lipinski definition) is 6. The minimum atomic E-state index is -0.0249. The van der Waals surface area contributed by atoms with Crippen LogP contribution in [0.15, 0.2) is 36.4 Å². The Balaban J connectivity index is 1.36. The zero-order valence-corrected chi connectivity index (χ0v) is 15.8. The van der Waals surface area contributed by atoms with E-state index in [-0.39, 0.29) is 5.91 Å². The number of anilines is 3. The van der Waals surface area contributed by atoms with Crippen LogP contribution in [0.4, 0.5) is 17.2 Å². The lowest BCUT2D eigenvalue weighted by Crippen LogP contribution is -2.44. The highest BCUT2D eigenvalue weighted by molar-refractivity contribution is 5.92. The molecule has 0 bridgehead atoms. The van der Waals surface area contributed by atoms with E-state index in [1.54, 1.807) is 6.07 Å². The zero-order chi connectivity index (χ0) is 18.6. The molecule has 1 aromatic carbocycles. The Morgan fingerprint density at radius 3 is 2.22 bits per heavy atom. The Hall–Kier alpha value is -2.67. The third-order valence-electron chi connectivity index (χ3n) is 5.29. The minimum absolute atomic E-state index is 0.0249. The highest BCUT2D eigenvalue weighted by Gasteiger charge is 2.20. The van der Waals surface area contributed by atoms with Crippen molar-refractivity contribution < 1.29 is 4.79 Å². The normalized spacial score (nSPS) is 18.0. The molecule has 2 aliphatic rings. The molecule has 0 unspecified atom stereocenters. The topological polar surface area (TPSA) is 64.6 Å². The molecule has 0 saturated carbocycles. The number of likely N-dealkylation sites (N-methyl/N-ethyl adjacent to an activating group) is 1. The van der Waals surface area contributed by atoms with Gasteiger partial charge in [0.15, 0.2) is 11.5 Å². The van der Waals surface area contributed by atoms with Gasteiger partial charge in [0, 0.05) is 50.6 Å². The number of likely N-dealkylation sites (tertiary alicyclic amines) is 1. The quantitative estimate of drug-likeness (QED) is 0.895. The summed E-state index contributed by atoms with van der Waals surface area (Å²) in [4.78, 5) is 18.9. The number of nitrogens with one attached hydrogen (secondary N) is 1. The Morgan fingerprint density at radius 1 is 0.889 bits per heavy atom. The number of nitrogens with zero attached hydrogens (tertiary/aromatic N) is 5. The molecule has 4 rings (SSSR count). The first-order chi connectivity index (χ1) is 13.2. The third-order valence-corrected chi connectivity index (χ3v) is 5.29. The molecule has 27 heavy (non-hydrogen) atoms. The highest BCUT2D eigenvalue weighted by Crippen LogP contribution is 2.21. The first-order valence-electron chi connectivity index (χ1n) is 9.63. The fourth-order valence-electron chi connectivity index (χ4n) is 3.56. The van der Waals surface area contributed by atoms with E-state index in [1.165, 1.54) is 5.69 Å². The first-order valence-corrected chi connectivity index (χ1v) is 9.63. The zero-order valence-electron chi connectivity index (χ0n) is 15.8. The van der Waals surface area contributed by atoms with Gasteiger partial charge < -0.3 is 20.0 Å². The van der Waals surface area contributed by atoms with Crippen LogP contribution in [0.2, 0.25) is 0 Å². The fraction of sp³-hybridized carbons (Fsp3) is 0.450. The number of benzene rings is 1. The molecular weight excluding hydrogens is 340 g/mol. The molecule has 2 fully saturated rings. The van der Waals surface area contributed by atoms with Gasteiger partial charge in [-0.1, -0.05) is 0 Å². The van der Waals surface area contributed by atoms with E-state index >= 15 is 0 Å². The predicted octanol–water partition coefficient (Wildman–Crippen LogP) is 2.21. The van der Waals surface area contributed by atoms with Gasteiger partial charge in [0.05, 0.1) is 0 Å². The van der Waals surface area contributed by atoms with Crippen LogP contribution in [0.1, 0.15) is 23.3 Å². The molecule has 142 valence electrons. The van der Waals surface area contributed by atoms with Crippen molar-refractivity contribution in [3.05, 3.63) is 42.1 Å². The molecule has 2 saturated heterocycles. The summed E-state index contributed by atoms with van der Waals surface area (Å²) in [6, 6.07) is 11.9. The number of aromatic nitrogens is 2. The molecule has 7 nitrogen and oxygen atoms in total. The third kappa shape index (κ3) is 4.19. The average molecular weight is 366 g/mol. The molecule has 0 spiro atoms. The van der Waals surface area contributed by atoms with Crippen molar-refractivity contribution in [2.24, 2.45) is 0 Å². The van der Waals surface area contributed by atoms with Crippen LogP contribution in [0.3, 0.4) is 0 Å². The largest absolute Gasteiger partial charge is 0.369 e. The van der Waals surface area contributed by atoms with Gasteiger partial charge in [0.25, 0.3) is 5.91 Å². The summed E-state index contributed by atoms with van der Waals surface area (Å²) in [5, 5.41) is 11.5. The van der Waals surface area contributed by atoms with Crippen molar-refractivity contribution in [2.45, 2.75) is 12.8 Å². The lowest BCUT2D eigenvalue weighted by Gasteiger charge is -2.34. The molecule has 0 atom stereocenters. The SMILES string of the molecule is CN1CCN(c2ccc(Nc3ccc(C(=O)N4CCCC4)nn3)cc2)CC1. The Kier molecular flexibility index (Phi) is 5.20. The molecule has 2 aliphatic heterocycles. The van der Waals surface area contributed by atoms with Gasteiger partial charge in [-0.3, -0.25) is 4.79 Å². The van der Waals surface area contributed by atoms with E-state index in [0.717, 1.165) is 57.8 Å².